The molecule has 21 heavy (non-hydrogen) atoms. The molecule has 0 saturated carbocycles. The van der Waals surface area contributed by atoms with E-state index in [4.69, 9.17) is 15.7 Å². The molecule has 0 aromatic heterocycles. The minimum atomic E-state index is -0.362. The van der Waals surface area contributed by atoms with Gasteiger partial charge in [0.05, 0.1) is 11.6 Å². The first kappa shape index (κ1) is 15.0. The van der Waals surface area contributed by atoms with Crippen molar-refractivity contribution in [2.75, 3.05) is 0 Å². The van der Waals surface area contributed by atoms with Gasteiger partial charge < -0.3 is 10.5 Å². The second-order valence-corrected chi connectivity index (χ2v) is 5.01. The molecule has 0 aliphatic carbocycles. The summed E-state index contributed by atoms with van der Waals surface area (Å²) in [7, 11) is 0. The van der Waals surface area contributed by atoms with Crippen LogP contribution in [0.5, 0.6) is 5.75 Å². The lowest BCUT2D eigenvalue weighted by Gasteiger charge is -2.11. The van der Waals surface area contributed by atoms with Gasteiger partial charge in [0.2, 0.25) is 0 Å². The van der Waals surface area contributed by atoms with Crippen LogP contribution in [0.3, 0.4) is 0 Å². The van der Waals surface area contributed by atoms with Gasteiger partial charge in [0, 0.05) is 17.7 Å². The van der Waals surface area contributed by atoms with Crippen LogP contribution in [0.25, 0.3) is 0 Å². The SMILES string of the molecule is Cc1cc(C#N)ccc1COc1ccc([C@H](C)N)c(F)c1. The molecule has 108 valence electrons. The molecule has 0 saturated heterocycles. The third-order valence-electron chi connectivity index (χ3n) is 3.33. The van der Waals surface area contributed by atoms with E-state index < -0.39 is 0 Å². The fourth-order valence-corrected chi connectivity index (χ4v) is 2.06. The van der Waals surface area contributed by atoms with Gasteiger partial charge in [-0.3, -0.25) is 0 Å². The Hall–Kier alpha value is -2.38. The van der Waals surface area contributed by atoms with Gasteiger partial charge in [-0.25, -0.2) is 4.39 Å². The minimum Gasteiger partial charge on any atom is -0.489 e. The summed E-state index contributed by atoms with van der Waals surface area (Å²) in [5.41, 5.74) is 8.69. The molecule has 0 aliphatic rings. The number of ether oxygens (including phenoxy) is 1. The Labute approximate surface area is 123 Å². The molecule has 2 aromatic rings. The predicted octanol–water partition coefficient (Wildman–Crippen LogP) is 3.60. The average Bonchev–Trinajstić information content (AvgIpc) is 2.45. The summed E-state index contributed by atoms with van der Waals surface area (Å²) in [4.78, 5) is 0. The molecule has 0 unspecified atom stereocenters. The smallest absolute Gasteiger partial charge is 0.131 e. The molecule has 0 bridgehead atoms. The highest BCUT2D eigenvalue weighted by Gasteiger charge is 2.08. The quantitative estimate of drug-likeness (QED) is 0.933. The van der Waals surface area contributed by atoms with E-state index in [1.807, 2.05) is 13.0 Å². The molecule has 0 fully saturated rings. The van der Waals surface area contributed by atoms with Crippen molar-refractivity contribution in [3.05, 3.63) is 64.5 Å². The first-order chi connectivity index (χ1) is 10.0. The van der Waals surface area contributed by atoms with Gasteiger partial charge in [0.25, 0.3) is 0 Å². The second-order valence-electron chi connectivity index (χ2n) is 5.01. The Morgan fingerprint density at radius 2 is 2.05 bits per heavy atom. The van der Waals surface area contributed by atoms with Gasteiger partial charge in [0.1, 0.15) is 18.2 Å². The van der Waals surface area contributed by atoms with E-state index in [2.05, 4.69) is 6.07 Å². The molecule has 3 nitrogen and oxygen atoms in total. The topological polar surface area (TPSA) is 59.0 Å². The lowest BCUT2D eigenvalue weighted by molar-refractivity contribution is 0.303. The predicted molar refractivity (Wildman–Crippen MR) is 79.2 cm³/mol. The lowest BCUT2D eigenvalue weighted by atomic mass is 10.1. The number of hydrogen-bond acceptors (Lipinski definition) is 3. The fraction of sp³-hybridized carbons (Fsp3) is 0.235. The molecule has 1 atom stereocenters. The Morgan fingerprint density at radius 3 is 2.62 bits per heavy atom. The van der Waals surface area contributed by atoms with E-state index in [0.29, 0.717) is 23.5 Å². The summed E-state index contributed by atoms with van der Waals surface area (Å²) in [5, 5.41) is 8.83. The zero-order valence-electron chi connectivity index (χ0n) is 12.1. The minimum absolute atomic E-state index is 0.328. The van der Waals surface area contributed by atoms with Crippen LogP contribution in [0.4, 0.5) is 4.39 Å². The molecular formula is C17H17FN2O. The lowest BCUT2D eigenvalue weighted by Crippen LogP contribution is -2.07. The molecule has 0 heterocycles. The van der Waals surface area contributed by atoms with Crippen molar-refractivity contribution < 1.29 is 9.13 Å². The number of benzene rings is 2. The van der Waals surface area contributed by atoms with Crippen LogP contribution in [0, 0.1) is 24.1 Å². The van der Waals surface area contributed by atoms with Crippen molar-refractivity contribution in [1.29, 1.82) is 5.26 Å². The van der Waals surface area contributed by atoms with Gasteiger partial charge >= 0.3 is 0 Å². The summed E-state index contributed by atoms with van der Waals surface area (Å²) < 4.78 is 19.4. The number of rotatable bonds is 4. The molecular weight excluding hydrogens is 267 g/mol. The molecule has 2 N–H and O–H groups in total. The van der Waals surface area contributed by atoms with Gasteiger partial charge in [0.15, 0.2) is 0 Å². The largest absolute Gasteiger partial charge is 0.489 e. The highest BCUT2D eigenvalue weighted by molar-refractivity contribution is 5.37. The van der Waals surface area contributed by atoms with Crippen LogP contribution in [0.2, 0.25) is 0 Å². The van der Waals surface area contributed by atoms with Crippen molar-refractivity contribution in [1.82, 2.24) is 0 Å². The van der Waals surface area contributed by atoms with Gasteiger partial charge in [-0.2, -0.15) is 5.26 Å². The van der Waals surface area contributed by atoms with E-state index in [-0.39, 0.29) is 11.9 Å². The average molecular weight is 284 g/mol. The second kappa shape index (κ2) is 6.38. The zero-order chi connectivity index (χ0) is 15.4. The standard InChI is InChI=1S/C17H17FN2O/c1-11-7-13(9-19)3-4-14(11)10-21-15-5-6-16(12(2)20)17(18)8-15/h3-8,12H,10,20H2,1-2H3/t12-/m0/s1. The van der Waals surface area contributed by atoms with E-state index in [1.54, 1.807) is 31.2 Å². The first-order valence-electron chi connectivity index (χ1n) is 6.68. The molecule has 4 heteroatoms. The van der Waals surface area contributed by atoms with E-state index in [1.165, 1.54) is 6.07 Å². The van der Waals surface area contributed by atoms with Gasteiger partial charge in [-0.05, 0) is 43.2 Å². The molecule has 0 aliphatic heterocycles. The van der Waals surface area contributed by atoms with Crippen LogP contribution in [-0.2, 0) is 6.61 Å². The highest BCUT2D eigenvalue weighted by Crippen LogP contribution is 2.22. The Kier molecular flexibility index (Phi) is 4.56. The van der Waals surface area contributed by atoms with E-state index >= 15 is 0 Å². The third kappa shape index (κ3) is 3.59. The molecule has 2 aromatic carbocycles. The summed E-state index contributed by atoms with van der Waals surface area (Å²) in [6, 6.07) is 11.8. The Morgan fingerprint density at radius 1 is 1.29 bits per heavy atom. The summed E-state index contributed by atoms with van der Waals surface area (Å²) in [6.45, 7) is 3.98. The fourth-order valence-electron chi connectivity index (χ4n) is 2.06. The maximum Gasteiger partial charge on any atom is 0.131 e. The van der Waals surface area contributed by atoms with E-state index in [9.17, 15) is 4.39 Å². The number of nitrogens with zero attached hydrogens (tertiary/aromatic N) is 1. The van der Waals surface area contributed by atoms with Crippen molar-refractivity contribution in [3.8, 4) is 11.8 Å². The monoisotopic (exact) mass is 284 g/mol. The van der Waals surface area contributed by atoms with Gasteiger partial charge in [-0.15, -0.1) is 0 Å². The Balaban J connectivity index is 2.10. The normalized spacial score (nSPS) is 11.8. The maximum atomic E-state index is 13.8. The van der Waals surface area contributed by atoms with Crippen molar-refractivity contribution >= 4 is 0 Å². The number of nitriles is 1. The van der Waals surface area contributed by atoms with Crippen LogP contribution in [0.15, 0.2) is 36.4 Å². The molecule has 0 radical (unpaired) electrons. The molecule has 0 spiro atoms. The maximum absolute atomic E-state index is 13.8. The third-order valence-corrected chi connectivity index (χ3v) is 3.33. The van der Waals surface area contributed by atoms with Crippen LogP contribution >= 0.6 is 0 Å². The first-order valence-corrected chi connectivity index (χ1v) is 6.68. The van der Waals surface area contributed by atoms with Crippen molar-refractivity contribution in [3.63, 3.8) is 0 Å². The summed E-state index contributed by atoms with van der Waals surface area (Å²) in [6.07, 6.45) is 0. The zero-order valence-corrected chi connectivity index (χ0v) is 12.1. The van der Waals surface area contributed by atoms with Crippen molar-refractivity contribution in [2.45, 2.75) is 26.5 Å². The number of halogens is 1. The summed E-state index contributed by atoms with van der Waals surface area (Å²) >= 11 is 0. The summed E-state index contributed by atoms with van der Waals surface area (Å²) in [5.74, 6) is 0.0970. The van der Waals surface area contributed by atoms with Crippen LogP contribution < -0.4 is 10.5 Å². The van der Waals surface area contributed by atoms with Gasteiger partial charge in [-0.1, -0.05) is 12.1 Å². The molecule has 2 rings (SSSR count). The van der Waals surface area contributed by atoms with Crippen LogP contribution in [-0.4, -0.2) is 0 Å². The highest BCUT2D eigenvalue weighted by atomic mass is 19.1. The number of aryl methyl sites for hydroxylation is 1. The van der Waals surface area contributed by atoms with Crippen LogP contribution in [0.1, 0.15) is 35.2 Å². The molecule has 0 amide bonds. The van der Waals surface area contributed by atoms with Crippen molar-refractivity contribution in [2.24, 2.45) is 5.73 Å². The van der Waals surface area contributed by atoms with E-state index in [0.717, 1.165) is 11.1 Å². The Bertz CT molecular complexity index is 690. The number of hydrogen-bond donors (Lipinski definition) is 1. The number of nitrogens with two attached hydrogens (primary N) is 1.